The minimum absolute atomic E-state index is 0.0414. The van der Waals surface area contributed by atoms with Gasteiger partial charge in [-0.15, -0.1) is 0 Å². The SMILES string of the molecule is CN1CC(=O)NC(CCCN=C(N)N)C(=O)NC2(CC2c2ccc3ccccc3c2)C(=O)NCC(=O)NC(Cc2ccc(O)cc2)C1=O. The van der Waals surface area contributed by atoms with E-state index in [4.69, 9.17) is 11.5 Å². The quantitative estimate of drug-likeness (QED) is 0.102. The number of nitrogens with zero attached hydrogens (tertiary/aromatic N) is 2. The third-order valence-electron chi connectivity index (χ3n) is 8.66. The molecule has 0 radical (unpaired) electrons. The predicted octanol–water partition coefficient (Wildman–Crippen LogP) is -0.258. The topological polar surface area (TPSA) is 221 Å². The summed E-state index contributed by atoms with van der Waals surface area (Å²) in [5.41, 5.74) is 11.0. The Morgan fingerprint density at radius 3 is 2.38 bits per heavy atom. The number of amides is 5. The number of carbonyl (C=O) groups is 5. The van der Waals surface area contributed by atoms with Crippen LogP contribution >= 0.6 is 0 Å². The summed E-state index contributed by atoms with van der Waals surface area (Å²) >= 11 is 0. The zero-order valence-corrected chi connectivity index (χ0v) is 26.6. The maximum atomic E-state index is 13.9. The first-order chi connectivity index (χ1) is 22.9. The molecule has 1 aliphatic heterocycles. The van der Waals surface area contributed by atoms with Gasteiger partial charge in [0.05, 0.1) is 13.1 Å². The predicted molar refractivity (Wildman–Crippen MR) is 178 cm³/mol. The van der Waals surface area contributed by atoms with Crippen molar-refractivity contribution in [2.24, 2.45) is 16.5 Å². The number of nitrogens with one attached hydrogen (secondary N) is 4. The van der Waals surface area contributed by atoms with Crippen LogP contribution in [0, 0.1) is 0 Å². The van der Waals surface area contributed by atoms with Gasteiger partial charge in [0.15, 0.2) is 5.96 Å². The lowest BCUT2D eigenvalue weighted by atomic mass is 10.0. The second-order valence-electron chi connectivity index (χ2n) is 12.3. The molecule has 14 nitrogen and oxygen atoms in total. The van der Waals surface area contributed by atoms with E-state index in [2.05, 4.69) is 26.3 Å². The smallest absolute Gasteiger partial charge is 0.246 e. The highest BCUT2D eigenvalue weighted by atomic mass is 16.3. The van der Waals surface area contributed by atoms with Crippen molar-refractivity contribution in [1.82, 2.24) is 26.2 Å². The molecule has 9 N–H and O–H groups in total. The van der Waals surface area contributed by atoms with Crippen molar-refractivity contribution in [2.75, 3.05) is 26.7 Å². The zero-order valence-electron chi connectivity index (χ0n) is 26.6. The fourth-order valence-corrected chi connectivity index (χ4v) is 6.05. The number of carbonyl (C=O) groups excluding carboxylic acids is 5. The molecule has 48 heavy (non-hydrogen) atoms. The summed E-state index contributed by atoms with van der Waals surface area (Å²) < 4.78 is 0. The highest BCUT2D eigenvalue weighted by Crippen LogP contribution is 2.52. The Kier molecular flexibility index (Phi) is 10.1. The molecule has 4 atom stereocenters. The normalized spacial score (nSPS) is 23.7. The van der Waals surface area contributed by atoms with Crippen molar-refractivity contribution in [2.45, 2.75) is 49.2 Å². The van der Waals surface area contributed by atoms with Crippen LogP contribution in [0.1, 0.15) is 36.3 Å². The van der Waals surface area contributed by atoms with Crippen LogP contribution in [0.25, 0.3) is 10.8 Å². The standard InChI is InChI=1S/C34H40N8O6/c1-42-19-29(45)39-26(7-4-14-37-33(35)36)30(46)41-34(17-25(34)23-11-10-21-5-2-3-6-22(21)16-23)32(48)38-18-28(44)40-27(31(42)47)15-20-8-12-24(43)13-9-20/h2-3,5-6,8-13,16,25-27,43H,4,7,14-15,17-19H2,1H3,(H,38,48)(H,39,45)(H,40,44)(H,41,46)(H4,35,36,37). The first-order valence-corrected chi connectivity index (χ1v) is 15.7. The van der Waals surface area contributed by atoms with Crippen LogP contribution < -0.4 is 32.7 Å². The number of nitrogens with two attached hydrogens (primary N) is 2. The molecule has 1 saturated carbocycles. The number of hydrogen-bond acceptors (Lipinski definition) is 7. The van der Waals surface area contributed by atoms with Gasteiger partial charge in [0.2, 0.25) is 29.5 Å². The summed E-state index contributed by atoms with van der Waals surface area (Å²) in [6.07, 6.45) is 0.815. The van der Waals surface area contributed by atoms with E-state index >= 15 is 0 Å². The lowest BCUT2D eigenvalue weighted by Gasteiger charge is -2.25. The van der Waals surface area contributed by atoms with Gasteiger partial charge in [0.25, 0.3) is 0 Å². The fourth-order valence-electron chi connectivity index (χ4n) is 6.05. The van der Waals surface area contributed by atoms with Gasteiger partial charge in [-0.2, -0.15) is 0 Å². The second kappa shape index (κ2) is 14.4. The van der Waals surface area contributed by atoms with Gasteiger partial charge < -0.3 is 42.7 Å². The second-order valence-corrected chi connectivity index (χ2v) is 12.3. The average Bonchev–Trinajstić information content (AvgIpc) is 3.79. The van der Waals surface area contributed by atoms with E-state index in [1.54, 1.807) is 12.1 Å². The first kappa shape index (κ1) is 33.7. The van der Waals surface area contributed by atoms with Crippen LogP contribution in [0.5, 0.6) is 5.75 Å². The third kappa shape index (κ3) is 8.00. The number of aliphatic imine (C=N–C) groups is 1. The molecular formula is C34H40N8O6. The van der Waals surface area contributed by atoms with Crippen LogP contribution in [0.2, 0.25) is 0 Å². The molecule has 1 aliphatic carbocycles. The number of guanidine groups is 1. The maximum Gasteiger partial charge on any atom is 0.246 e. The number of likely N-dealkylation sites (N-methyl/N-ethyl adjacent to an activating group) is 1. The number of benzene rings is 3. The molecule has 5 rings (SSSR count). The molecule has 0 aromatic heterocycles. The summed E-state index contributed by atoms with van der Waals surface area (Å²) in [6.45, 7) is -0.651. The third-order valence-corrected chi connectivity index (χ3v) is 8.66. The van der Waals surface area contributed by atoms with Crippen molar-refractivity contribution < 1.29 is 29.1 Å². The lowest BCUT2D eigenvalue weighted by molar-refractivity contribution is -0.138. The van der Waals surface area contributed by atoms with E-state index in [9.17, 15) is 29.1 Å². The Labute approximate surface area is 277 Å². The van der Waals surface area contributed by atoms with Gasteiger partial charge in [0, 0.05) is 25.9 Å². The lowest BCUT2D eigenvalue weighted by Crippen LogP contribution is -2.57. The number of phenolic OH excluding ortho intramolecular Hbond substituents is 1. The van der Waals surface area contributed by atoms with E-state index in [1.165, 1.54) is 19.2 Å². The number of hydrogen-bond donors (Lipinski definition) is 7. The molecular weight excluding hydrogens is 616 g/mol. The average molecular weight is 657 g/mol. The minimum atomic E-state index is -1.39. The Morgan fingerprint density at radius 1 is 0.938 bits per heavy atom. The van der Waals surface area contributed by atoms with Crippen LogP contribution in [-0.2, 0) is 30.4 Å². The fraction of sp³-hybridized carbons (Fsp3) is 0.353. The van der Waals surface area contributed by atoms with Crippen LogP contribution in [0.15, 0.2) is 71.7 Å². The van der Waals surface area contributed by atoms with Crippen LogP contribution in [0.4, 0.5) is 0 Å². The molecule has 0 bridgehead atoms. The van der Waals surface area contributed by atoms with Gasteiger partial charge in [-0.1, -0.05) is 54.6 Å². The summed E-state index contributed by atoms with van der Waals surface area (Å²) in [5, 5.41) is 22.6. The number of phenols is 1. The Morgan fingerprint density at radius 2 is 1.65 bits per heavy atom. The zero-order chi connectivity index (χ0) is 34.4. The summed E-state index contributed by atoms with van der Waals surface area (Å²) in [4.78, 5) is 72.7. The van der Waals surface area contributed by atoms with Gasteiger partial charge in [0.1, 0.15) is 23.4 Å². The summed E-state index contributed by atoms with van der Waals surface area (Å²) in [6, 6.07) is 17.6. The van der Waals surface area contributed by atoms with Crippen molar-refractivity contribution in [1.29, 1.82) is 0 Å². The molecule has 3 aromatic carbocycles. The van der Waals surface area contributed by atoms with Crippen molar-refractivity contribution in [3.63, 3.8) is 0 Å². The number of aromatic hydroxyl groups is 1. The summed E-state index contributed by atoms with van der Waals surface area (Å²) in [5.74, 6) is -3.43. The van der Waals surface area contributed by atoms with Gasteiger partial charge >= 0.3 is 0 Å². The van der Waals surface area contributed by atoms with Crippen molar-refractivity contribution in [3.05, 3.63) is 77.9 Å². The van der Waals surface area contributed by atoms with Gasteiger partial charge in [-0.25, -0.2) is 0 Å². The largest absolute Gasteiger partial charge is 0.508 e. The highest BCUT2D eigenvalue weighted by Gasteiger charge is 2.62. The minimum Gasteiger partial charge on any atom is -0.508 e. The van der Waals surface area contributed by atoms with Gasteiger partial charge in [-0.3, -0.25) is 29.0 Å². The van der Waals surface area contributed by atoms with E-state index in [1.807, 2.05) is 42.5 Å². The van der Waals surface area contributed by atoms with Crippen molar-refractivity contribution in [3.8, 4) is 5.75 Å². The van der Waals surface area contributed by atoms with Crippen molar-refractivity contribution >= 4 is 46.3 Å². The van der Waals surface area contributed by atoms with Crippen LogP contribution in [0.3, 0.4) is 0 Å². The number of rotatable bonds is 7. The number of fused-ring (bicyclic) bond motifs is 1. The summed E-state index contributed by atoms with van der Waals surface area (Å²) in [7, 11) is 1.42. The first-order valence-electron chi connectivity index (χ1n) is 15.7. The molecule has 14 heteroatoms. The molecule has 252 valence electrons. The molecule has 2 fully saturated rings. The van der Waals surface area contributed by atoms with E-state index in [0.717, 1.165) is 21.2 Å². The Hall–Kier alpha value is -5.66. The monoisotopic (exact) mass is 656 g/mol. The maximum absolute atomic E-state index is 13.9. The molecule has 3 aromatic rings. The molecule has 4 unspecified atom stereocenters. The van der Waals surface area contributed by atoms with E-state index < -0.39 is 66.2 Å². The molecule has 1 heterocycles. The molecule has 1 spiro atoms. The van der Waals surface area contributed by atoms with Crippen LogP contribution in [-0.4, -0.2) is 89.8 Å². The molecule has 5 amide bonds. The molecule has 2 aliphatic rings. The van der Waals surface area contributed by atoms with E-state index in [-0.39, 0.29) is 37.5 Å². The van der Waals surface area contributed by atoms with E-state index in [0.29, 0.717) is 12.0 Å². The Balaban J connectivity index is 1.44. The van der Waals surface area contributed by atoms with Gasteiger partial charge in [-0.05, 0) is 53.3 Å². The highest BCUT2D eigenvalue weighted by molar-refractivity contribution is 6.00. The Bertz CT molecular complexity index is 1740. The molecule has 1 saturated heterocycles.